The summed E-state index contributed by atoms with van der Waals surface area (Å²) in [6, 6.07) is 4.14. The van der Waals surface area contributed by atoms with Gasteiger partial charge in [-0.1, -0.05) is 39.3 Å². The number of nitrogen functional groups attached to an aromatic ring is 1. The molecule has 39 heavy (non-hydrogen) atoms. The Bertz CT molecular complexity index is 891. The van der Waals surface area contributed by atoms with Crippen molar-refractivity contribution in [3.63, 3.8) is 0 Å². The summed E-state index contributed by atoms with van der Waals surface area (Å²) in [6.45, 7) is 15.7. The average Bonchev–Trinajstić information content (AvgIpc) is 3.21. The number of aliphatic hydroxyl groups is 1. The molecular formula is C28H49ClN4O6. The maximum absolute atomic E-state index is 13.1. The first-order valence-electron chi connectivity index (χ1n) is 13.3. The molecule has 1 aliphatic heterocycles. The number of halogens is 1. The predicted molar refractivity (Wildman–Crippen MR) is 155 cm³/mol. The van der Waals surface area contributed by atoms with Crippen LogP contribution in [-0.2, 0) is 19.1 Å². The number of benzene rings is 1. The van der Waals surface area contributed by atoms with E-state index in [0.29, 0.717) is 35.8 Å². The molecule has 0 aliphatic carbocycles. The highest BCUT2D eigenvalue weighted by Crippen LogP contribution is 2.24. The fraction of sp³-hybridized carbons (Fsp3) is 0.679. The number of hydrogen-bond acceptors (Lipinski definition) is 8. The van der Waals surface area contributed by atoms with Crippen molar-refractivity contribution in [2.45, 2.75) is 79.7 Å². The van der Waals surface area contributed by atoms with Crippen molar-refractivity contribution < 1.29 is 29.0 Å². The standard InChI is InChI=1S/C19H30ClN3O2.C8H15NO3.CH4O/c1-7-10-23(12(2)3)18(25)16(19(4,5)6)22-17(24)13-8-9-15(21)14(20)11-13;1-3-11-8-6(5-9-2)4-7(10)12-8;1-2/h8-9,11-12,16H,7,10,21H2,1-6H3,(H,22,24);6,8-9H,3-5H2,1-2H3;2H,1H3. The van der Waals surface area contributed by atoms with Gasteiger partial charge < -0.3 is 35.8 Å². The summed E-state index contributed by atoms with van der Waals surface area (Å²) in [5.41, 5.74) is 6.06. The van der Waals surface area contributed by atoms with E-state index < -0.39 is 11.5 Å². The maximum atomic E-state index is 13.1. The van der Waals surface area contributed by atoms with Crippen LogP contribution in [0.4, 0.5) is 5.69 Å². The van der Waals surface area contributed by atoms with E-state index >= 15 is 0 Å². The number of nitrogens with zero attached hydrogens (tertiary/aromatic N) is 1. The molecule has 1 aliphatic rings. The van der Waals surface area contributed by atoms with Crippen molar-refractivity contribution in [3.05, 3.63) is 28.8 Å². The Hall–Kier alpha value is -2.40. The molecule has 224 valence electrons. The minimum absolute atomic E-state index is 0.0696. The molecule has 0 spiro atoms. The van der Waals surface area contributed by atoms with Gasteiger partial charge in [-0.05, 0) is 57.9 Å². The van der Waals surface area contributed by atoms with E-state index in [1.165, 1.54) is 6.07 Å². The highest BCUT2D eigenvalue weighted by atomic mass is 35.5. The second-order valence-corrected chi connectivity index (χ2v) is 10.9. The second kappa shape index (κ2) is 18.0. The summed E-state index contributed by atoms with van der Waals surface area (Å²) in [7, 11) is 2.85. The molecule has 1 saturated heterocycles. The molecule has 2 rings (SSSR count). The van der Waals surface area contributed by atoms with Gasteiger partial charge in [-0.15, -0.1) is 0 Å². The fourth-order valence-electron chi connectivity index (χ4n) is 3.91. The van der Waals surface area contributed by atoms with Gasteiger partial charge in [0, 0.05) is 44.3 Å². The van der Waals surface area contributed by atoms with Crippen LogP contribution in [0.15, 0.2) is 18.2 Å². The molecule has 0 saturated carbocycles. The third-order valence-electron chi connectivity index (χ3n) is 5.88. The van der Waals surface area contributed by atoms with E-state index in [1.807, 2.05) is 60.4 Å². The number of nitrogens with one attached hydrogen (secondary N) is 2. The minimum atomic E-state index is -0.634. The van der Waals surface area contributed by atoms with Crippen molar-refractivity contribution in [1.82, 2.24) is 15.5 Å². The predicted octanol–water partition coefficient (Wildman–Crippen LogP) is 3.45. The quantitative estimate of drug-likeness (QED) is 0.246. The summed E-state index contributed by atoms with van der Waals surface area (Å²) >= 11 is 6.00. The van der Waals surface area contributed by atoms with Crippen LogP contribution < -0.4 is 16.4 Å². The van der Waals surface area contributed by atoms with E-state index in [2.05, 4.69) is 10.6 Å². The SMILES string of the molecule is CCCN(C(=O)C(NC(=O)c1ccc(N)c(Cl)c1)C(C)(C)C)C(C)C.CCOC1OC(=O)CC1CNC.CO. The van der Waals surface area contributed by atoms with E-state index in [9.17, 15) is 14.4 Å². The summed E-state index contributed by atoms with van der Waals surface area (Å²) in [5, 5.41) is 13.2. The van der Waals surface area contributed by atoms with Crippen LogP contribution in [-0.4, -0.2) is 80.0 Å². The molecule has 1 heterocycles. The van der Waals surface area contributed by atoms with Crippen LogP contribution in [0.5, 0.6) is 0 Å². The maximum Gasteiger partial charge on any atom is 0.308 e. The number of ether oxygens (including phenoxy) is 2. The molecule has 1 aromatic rings. The van der Waals surface area contributed by atoms with Crippen LogP contribution in [0, 0.1) is 11.3 Å². The monoisotopic (exact) mass is 572 g/mol. The molecule has 0 aromatic heterocycles. The van der Waals surface area contributed by atoms with Crippen LogP contribution in [0.3, 0.4) is 0 Å². The lowest BCUT2D eigenvalue weighted by Gasteiger charge is -2.36. The van der Waals surface area contributed by atoms with Crippen molar-refractivity contribution in [2.24, 2.45) is 11.3 Å². The van der Waals surface area contributed by atoms with Gasteiger partial charge in [-0.3, -0.25) is 14.4 Å². The Morgan fingerprint density at radius 2 is 1.87 bits per heavy atom. The zero-order valence-electron chi connectivity index (χ0n) is 25.0. The number of anilines is 1. The van der Waals surface area contributed by atoms with Crippen LogP contribution in [0.2, 0.25) is 5.02 Å². The molecule has 11 heteroatoms. The van der Waals surface area contributed by atoms with Crippen LogP contribution in [0.1, 0.15) is 71.7 Å². The summed E-state index contributed by atoms with van der Waals surface area (Å²) < 4.78 is 10.2. The molecule has 5 N–H and O–H groups in total. The zero-order valence-corrected chi connectivity index (χ0v) is 25.7. The topological polar surface area (TPSA) is 143 Å². The lowest BCUT2D eigenvalue weighted by atomic mass is 9.85. The van der Waals surface area contributed by atoms with Crippen LogP contribution in [0.25, 0.3) is 0 Å². The lowest BCUT2D eigenvalue weighted by Crippen LogP contribution is -2.56. The molecule has 1 fully saturated rings. The summed E-state index contributed by atoms with van der Waals surface area (Å²) in [5.74, 6) is -0.397. The van der Waals surface area contributed by atoms with Gasteiger partial charge >= 0.3 is 5.97 Å². The molecular weight excluding hydrogens is 524 g/mol. The molecule has 3 atom stereocenters. The number of carbonyl (C=O) groups excluding carboxylic acids is 3. The number of amides is 2. The zero-order chi connectivity index (χ0) is 30.3. The fourth-order valence-corrected chi connectivity index (χ4v) is 4.09. The van der Waals surface area contributed by atoms with Gasteiger partial charge in [0.15, 0.2) is 0 Å². The number of nitrogens with two attached hydrogens (primary N) is 1. The van der Waals surface area contributed by atoms with Crippen molar-refractivity contribution in [3.8, 4) is 0 Å². The average molecular weight is 573 g/mol. The van der Waals surface area contributed by atoms with Gasteiger partial charge in [0.25, 0.3) is 5.91 Å². The van der Waals surface area contributed by atoms with Gasteiger partial charge in [-0.2, -0.15) is 0 Å². The number of hydrogen-bond donors (Lipinski definition) is 4. The smallest absolute Gasteiger partial charge is 0.308 e. The van der Waals surface area contributed by atoms with Crippen LogP contribution >= 0.6 is 11.6 Å². The Morgan fingerprint density at radius 1 is 1.26 bits per heavy atom. The van der Waals surface area contributed by atoms with Gasteiger partial charge in [0.05, 0.1) is 17.1 Å². The molecule has 0 radical (unpaired) electrons. The first-order chi connectivity index (χ1) is 18.3. The Morgan fingerprint density at radius 3 is 2.33 bits per heavy atom. The largest absolute Gasteiger partial charge is 0.435 e. The molecule has 1 aromatic carbocycles. The highest BCUT2D eigenvalue weighted by molar-refractivity contribution is 6.33. The highest BCUT2D eigenvalue weighted by Gasteiger charge is 2.36. The first-order valence-corrected chi connectivity index (χ1v) is 13.7. The molecule has 0 bridgehead atoms. The first kappa shape index (κ1) is 36.6. The summed E-state index contributed by atoms with van der Waals surface area (Å²) in [6.07, 6.45) is 0.989. The normalized spacial score (nSPS) is 17.3. The number of aliphatic hydroxyl groups excluding tert-OH is 1. The number of rotatable bonds is 10. The second-order valence-electron chi connectivity index (χ2n) is 10.5. The van der Waals surface area contributed by atoms with E-state index in [-0.39, 0.29) is 36.0 Å². The minimum Gasteiger partial charge on any atom is -0.435 e. The van der Waals surface area contributed by atoms with Gasteiger partial charge in [-0.25, -0.2) is 0 Å². The molecule has 10 nitrogen and oxygen atoms in total. The van der Waals surface area contributed by atoms with E-state index in [0.717, 1.165) is 20.1 Å². The van der Waals surface area contributed by atoms with E-state index in [4.69, 9.17) is 31.9 Å². The van der Waals surface area contributed by atoms with Gasteiger partial charge in [0.1, 0.15) is 6.04 Å². The van der Waals surface area contributed by atoms with Crippen molar-refractivity contribution >= 4 is 35.1 Å². The number of cyclic esters (lactones) is 1. The Labute approximate surface area is 238 Å². The number of esters is 1. The lowest BCUT2D eigenvalue weighted by molar-refractivity contribution is -0.165. The molecule has 3 unspecified atom stereocenters. The third-order valence-corrected chi connectivity index (χ3v) is 6.21. The van der Waals surface area contributed by atoms with Gasteiger partial charge in [0.2, 0.25) is 12.2 Å². The Kier molecular flexibility index (Phi) is 16.9. The summed E-state index contributed by atoms with van der Waals surface area (Å²) in [4.78, 5) is 38.4. The molecule has 2 amide bonds. The van der Waals surface area contributed by atoms with Crippen molar-refractivity contribution in [2.75, 3.05) is 39.6 Å². The third kappa shape index (κ3) is 12.1. The number of carbonyl (C=O) groups is 3. The Balaban J connectivity index is 0.000000858. The van der Waals surface area contributed by atoms with E-state index in [1.54, 1.807) is 12.1 Å². The van der Waals surface area contributed by atoms with Crippen molar-refractivity contribution in [1.29, 1.82) is 0 Å².